The van der Waals surface area contributed by atoms with E-state index in [1.54, 1.807) is 5.56 Å². The van der Waals surface area contributed by atoms with Crippen LogP contribution in [0.5, 0.6) is 0 Å². The lowest BCUT2D eigenvalue weighted by Crippen LogP contribution is -2.39. The minimum Gasteiger partial charge on any atom is -0.317 e. The van der Waals surface area contributed by atoms with Crippen LogP contribution < -0.4 is 5.32 Å². The number of rotatable bonds is 3. The summed E-state index contributed by atoms with van der Waals surface area (Å²) in [5.41, 5.74) is 3.07. The van der Waals surface area contributed by atoms with Crippen molar-refractivity contribution in [3.63, 3.8) is 0 Å². The Morgan fingerprint density at radius 2 is 1.71 bits per heavy atom. The van der Waals surface area contributed by atoms with Gasteiger partial charge in [0.25, 0.3) is 0 Å². The van der Waals surface area contributed by atoms with Crippen LogP contribution in [0.2, 0.25) is 0 Å². The van der Waals surface area contributed by atoms with E-state index in [-0.39, 0.29) is 12.4 Å². The maximum Gasteiger partial charge on any atom is 0.00106 e. The molecule has 0 amide bonds. The third-order valence-corrected chi connectivity index (χ3v) is 5.19. The number of nitrogens with zero attached hydrogens (tertiary/aromatic N) is 1. The molecule has 0 saturated carbocycles. The van der Waals surface area contributed by atoms with Crippen molar-refractivity contribution in [1.82, 2.24) is 10.2 Å². The van der Waals surface area contributed by atoms with E-state index in [1.165, 1.54) is 64.0 Å². The number of nitrogens with one attached hydrogen (secondary N) is 1. The molecule has 0 bridgehead atoms. The van der Waals surface area contributed by atoms with Gasteiger partial charge in [0.15, 0.2) is 0 Å². The molecule has 0 atom stereocenters. The SMILES string of the molecule is Cc1ccccc1C1CCN(CC2CCNCC2)CC1.Cl. The van der Waals surface area contributed by atoms with Gasteiger partial charge in [-0.15, -0.1) is 12.4 Å². The predicted molar refractivity (Wildman–Crippen MR) is 92.4 cm³/mol. The van der Waals surface area contributed by atoms with Crippen molar-refractivity contribution in [3.8, 4) is 0 Å². The molecule has 2 heterocycles. The summed E-state index contributed by atoms with van der Waals surface area (Å²) in [6.07, 6.45) is 5.43. The molecule has 2 aliphatic rings. The zero-order chi connectivity index (χ0) is 13.8. The summed E-state index contributed by atoms with van der Waals surface area (Å²) < 4.78 is 0. The molecule has 2 nitrogen and oxygen atoms in total. The fourth-order valence-corrected chi connectivity index (χ4v) is 3.90. The van der Waals surface area contributed by atoms with E-state index in [2.05, 4.69) is 41.4 Å². The van der Waals surface area contributed by atoms with Crippen molar-refractivity contribution < 1.29 is 0 Å². The van der Waals surface area contributed by atoms with Gasteiger partial charge in [-0.1, -0.05) is 24.3 Å². The van der Waals surface area contributed by atoms with E-state index < -0.39 is 0 Å². The monoisotopic (exact) mass is 308 g/mol. The van der Waals surface area contributed by atoms with Crippen LogP contribution in [0.1, 0.15) is 42.7 Å². The molecule has 0 aliphatic carbocycles. The molecule has 3 rings (SSSR count). The summed E-state index contributed by atoms with van der Waals surface area (Å²) in [7, 11) is 0. The molecule has 2 aliphatic heterocycles. The van der Waals surface area contributed by atoms with Gasteiger partial charge in [-0.05, 0) is 81.7 Å². The molecule has 1 aromatic rings. The summed E-state index contributed by atoms with van der Waals surface area (Å²) in [4.78, 5) is 2.71. The molecule has 118 valence electrons. The highest BCUT2D eigenvalue weighted by Gasteiger charge is 2.24. The van der Waals surface area contributed by atoms with Crippen molar-refractivity contribution >= 4 is 12.4 Å². The maximum absolute atomic E-state index is 3.47. The van der Waals surface area contributed by atoms with Crippen LogP contribution in [0, 0.1) is 12.8 Å². The molecule has 21 heavy (non-hydrogen) atoms. The molecule has 0 unspecified atom stereocenters. The normalized spacial score (nSPS) is 22.0. The van der Waals surface area contributed by atoms with Gasteiger partial charge in [0, 0.05) is 6.54 Å². The highest BCUT2D eigenvalue weighted by atomic mass is 35.5. The van der Waals surface area contributed by atoms with Crippen LogP contribution in [0.3, 0.4) is 0 Å². The van der Waals surface area contributed by atoms with Crippen LogP contribution in [0.4, 0.5) is 0 Å². The highest BCUT2D eigenvalue weighted by Crippen LogP contribution is 2.30. The fraction of sp³-hybridized carbons (Fsp3) is 0.667. The van der Waals surface area contributed by atoms with E-state index in [9.17, 15) is 0 Å². The van der Waals surface area contributed by atoms with Gasteiger partial charge in [0.1, 0.15) is 0 Å². The largest absolute Gasteiger partial charge is 0.317 e. The fourth-order valence-electron chi connectivity index (χ4n) is 3.90. The third-order valence-electron chi connectivity index (χ3n) is 5.19. The van der Waals surface area contributed by atoms with Crippen LogP contribution >= 0.6 is 12.4 Å². The smallest absolute Gasteiger partial charge is 0.00106 e. The second-order valence-corrected chi connectivity index (χ2v) is 6.62. The van der Waals surface area contributed by atoms with Crippen LogP contribution in [0.25, 0.3) is 0 Å². The van der Waals surface area contributed by atoms with Crippen molar-refractivity contribution in [1.29, 1.82) is 0 Å². The Kier molecular flexibility index (Phi) is 6.53. The van der Waals surface area contributed by atoms with Crippen LogP contribution in [0.15, 0.2) is 24.3 Å². The molecule has 0 radical (unpaired) electrons. The van der Waals surface area contributed by atoms with Gasteiger partial charge in [-0.2, -0.15) is 0 Å². The van der Waals surface area contributed by atoms with Crippen molar-refractivity contribution in [2.24, 2.45) is 5.92 Å². The molecule has 2 saturated heterocycles. The summed E-state index contributed by atoms with van der Waals surface area (Å²) in [5, 5.41) is 3.47. The lowest BCUT2D eigenvalue weighted by atomic mass is 9.86. The van der Waals surface area contributed by atoms with Crippen molar-refractivity contribution in [3.05, 3.63) is 35.4 Å². The number of piperidine rings is 2. The quantitative estimate of drug-likeness (QED) is 0.918. The summed E-state index contributed by atoms with van der Waals surface area (Å²) in [6, 6.07) is 8.95. The van der Waals surface area contributed by atoms with E-state index in [0.717, 1.165) is 11.8 Å². The van der Waals surface area contributed by atoms with Crippen molar-refractivity contribution in [2.75, 3.05) is 32.7 Å². The third kappa shape index (κ3) is 4.45. The predicted octanol–water partition coefficient (Wildman–Crippen LogP) is 3.60. The summed E-state index contributed by atoms with van der Waals surface area (Å²) in [5.74, 6) is 1.73. The minimum atomic E-state index is 0. The maximum atomic E-state index is 3.47. The number of likely N-dealkylation sites (tertiary alicyclic amines) is 1. The number of halogens is 1. The summed E-state index contributed by atoms with van der Waals surface area (Å²) >= 11 is 0. The van der Waals surface area contributed by atoms with Gasteiger partial charge in [-0.3, -0.25) is 0 Å². The molecule has 2 fully saturated rings. The van der Waals surface area contributed by atoms with Gasteiger partial charge in [-0.25, -0.2) is 0 Å². The topological polar surface area (TPSA) is 15.3 Å². The van der Waals surface area contributed by atoms with E-state index >= 15 is 0 Å². The average molecular weight is 309 g/mol. The Labute approximate surface area is 135 Å². The lowest BCUT2D eigenvalue weighted by Gasteiger charge is -2.36. The molecule has 1 N–H and O–H groups in total. The van der Waals surface area contributed by atoms with E-state index in [0.29, 0.717) is 0 Å². The highest BCUT2D eigenvalue weighted by molar-refractivity contribution is 5.85. The standard InChI is InChI=1S/C18H28N2.ClH/c1-15-4-2-3-5-18(15)17-8-12-20(13-9-17)14-16-6-10-19-11-7-16;/h2-5,16-17,19H,6-14H2,1H3;1H. The first-order chi connectivity index (χ1) is 9.83. The van der Waals surface area contributed by atoms with Gasteiger partial charge in [0.05, 0.1) is 0 Å². The Hall–Kier alpha value is -0.570. The van der Waals surface area contributed by atoms with Gasteiger partial charge in [0.2, 0.25) is 0 Å². The molecule has 0 aromatic heterocycles. The molecule has 3 heteroatoms. The van der Waals surface area contributed by atoms with E-state index in [1.807, 2.05) is 0 Å². The van der Waals surface area contributed by atoms with Crippen molar-refractivity contribution in [2.45, 2.75) is 38.5 Å². The molecule has 1 aromatic carbocycles. The zero-order valence-electron chi connectivity index (χ0n) is 13.2. The van der Waals surface area contributed by atoms with Gasteiger partial charge >= 0.3 is 0 Å². The number of hydrogen-bond donors (Lipinski definition) is 1. The second-order valence-electron chi connectivity index (χ2n) is 6.62. The van der Waals surface area contributed by atoms with Crippen LogP contribution in [-0.2, 0) is 0 Å². The first-order valence-corrected chi connectivity index (χ1v) is 8.31. The Morgan fingerprint density at radius 3 is 2.38 bits per heavy atom. The Bertz CT molecular complexity index is 421. The minimum absolute atomic E-state index is 0. The first kappa shape index (κ1) is 16.8. The first-order valence-electron chi connectivity index (χ1n) is 8.31. The second kappa shape index (κ2) is 8.17. The zero-order valence-corrected chi connectivity index (χ0v) is 14.0. The number of aryl methyl sites for hydroxylation is 1. The molecular formula is C18H29ClN2. The summed E-state index contributed by atoms with van der Waals surface area (Å²) in [6.45, 7) is 8.64. The molecular weight excluding hydrogens is 280 g/mol. The number of hydrogen-bond acceptors (Lipinski definition) is 2. The van der Waals surface area contributed by atoms with Crippen LogP contribution in [-0.4, -0.2) is 37.6 Å². The molecule has 0 spiro atoms. The Balaban J connectivity index is 0.00000161. The number of benzene rings is 1. The average Bonchev–Trinajstić information content (AvgIpc) is 2.50. The Morgan fingerprint density at radius 1 is 1.05 bits per heavy atom. The van der Waals surface area contributed by atoms with E-state index in [4.69, 9.17) is 0 Å². The lowest BCUT2D eigenvalue weighted by molar-refractivity contribution is 0.167. The van der Waals surface area contributed by atoms with Gasteiger partial charge < -0.3 is 10.2 Å².